The summed E-state index contributed by atoms with van der Waals surface area (Å²) in [4.78, 5) is 37.6. The molecule has 0 bridgehead atoms. The SMILES string of the molecule is O=C(c1ccc(OC(F)(F)F)cc1)N1CCC(N2CCN(C(=O)c3cc(-c4ccccc4)nc(-c4ccccc4)c3)CC2)CC1. The molecule has 3 aromatic carbocycles. The second-order valence-electron chi connectivity index (χ2n) is 11.3. The molecule has 232 valence electrons. The third-order valence-electron chi connectivity index (χ3n) is 8.42. The highest BCUT2D eigenvalue weighted by molar-refractivity contribution is 5.96. The Hall–Kier alpha value is -4.70. The van der Waals surface area contributed by atoms with Gasteiger partial charge in [0.2, 0.25) is 0 Å². The summed E-state index contributed by atoms with van der Waals surface area (Å²) in [5.41, 5.74) is 4.35. The first kappa shape index (κ1) is 30.3. The molecule has 1 aromatic heterocycles. The first-order valence-corrected chi connectivity index (χ1v) is 15.0. The summed E-state index contributed by atoms with van der Waals surface area (Å²) < 4.78 is 41.2. The fraction of sp³-hybridized carbons (Fsp3) is 0.286. The lowest BCUT2D eigenvalue weighted by Crippen LogP contribution is -2.54. The van der Waals surface area contributed by atoms with E-state index in [1.807, 2.05) is 77.7 Å². The average molecular weight is 615 g/mol. The number of piperidine rings is 1. The van der Waals surface area contributed by atoms with E-state index in [2.05, 4.69) is 9.64 Å². The maximum atomic E-state index is 13.8. The van der Waals surface area contributed by atoms with Crippen molar-refractivity contribution in [3.05, 3.63) is 108 Å². The van der Waals surface area contributed by atoms with Crippen molar-refractivity contribution in [3.63, 3.8) is 0 Å². The van der Waals surface area contributed by atoms with E-state index >= 15 is 0 Å². The van der Waals surface area contributed by atoms with E-state index in [-0.39, 0.29) is 17.6 Å². The topological polar surface area (TPSA) is 66.0 Å². The lowest BCUT2D eigenvalue weighted by atomic mass is 10.0. The van der Waals surface area contributed by atoms with Gasteiger partial charge < -0.3 is 14.5 Å². The molecule has 0 saturated carbocycles. The van der Waals surface area contributed by atoms with E-state index in [9.17, 15) is 22.8 Å². The molecule has 2 aliphatic rings. The smallest absolute Gasteiger partial charge is 0.406 e. The maximum absolute atomic E-state index is 13.8. The van der Waals surface area contributed by atoms with Gasteiger partial charge in [0, 0.05) is 67.6 Å². The van der Waals surface area contributed by atoms with Gasteiger partial charge in [-0.2, -0.15) is 0 Å². The molecule has 0 atom stereocenters. The Kier molecular flexibility index (Phi) is 8.84. The van der Waals surface area contributed by atoms with E-state index < -0.39 is 6.36 Å². The highest BCUT2D eigenvalue weighted by atomic mass is 19.4. The standard InChI is InChI=1S/C35H33F3N4O3/c36-35(37,38)45-30-13-11-27(12-14-30)33(43)41-17-15-29(16-18-41)40-19-21-42(22-20-40)34(44)28-23-31(25-7-3-1-4-8-25)39-32(24-28)26-9-5-2-6-10-26/h1-14,23-24,29H,15-22H2. The minimum atomic E-state index is -4.77. The summed E-state index contributed by atoms with van der Waals surface area (Å²) in [6.45, 7) is 3.82. The molecule has 2 fully saturated rings. The molecule has 0 N–H and O–H groups in total. The number of rotatable bonds is 6. The monoisotopic (exact) mass is 614 g/mol. The lowest BCUT2D eigenvalue weighted by molar-refractivity contribution is -0.274. The summed E-state index contributed by atoms with van der Waals surface area (Å²) in [5, 5.41) is 0. The van der Waals surface area contributed by atoms with Gasteiger partial charge in [-0.3, -0.25) is 14.5 Å². The first-order chi connectivity index (χ1) is 21.7. The number of likely N-dealkylation sites (tertiary alicyclic amines) is 1. The average Bonchev–Trinajstić information content (AvgIpc) is 3.08. The van der Waals surface area contributed by atoms with Crippen LogP contribution in [0.5, 0.6) is 5.75 Å². The molecular weight excluding hydrogens is 581 g/mol. The van der Waals surface area contributed by atoms with Crippen LogP contribution in [0.4, 0.5) is 13.2 Å². The Morgan fingerprint density at radius 3 is 1.64 bits per heavy atom. The van der Waals surface area contributed by atoms with Crippen LogP contribution in [0.15, 0.2) is 97.1 Å². The van der Waals surface area contributed by atoms with Gasteiger partial charge in [-0.15, -0.1) is 13.2 Å². The van der Waals surface area contributed by atoms with Gasteiger partial charge >= 0.3 is 6.36 Å². The zero-order chi connectivity index (χ0) is 31.4. The third kappa shape index (κ3) is 7.34. The van der Waals surface area contributed by atoms with Gasteiger partial charge in [-0.25, -0.2) is 4.98 Å². The molecule has 2 amide bonds. The van der Waals surface area contributed by atoms with Crippen LogP contribution in [0.25, 0.3) is 22.5 Å². The van der Waals surface area contributed by atoms with Gasteiger partial charge in [-0.1, -0.05) is 60.7 Å². The zero-order valence-corrected chi connectivity index (χ0v) is 24.6. The van der Waals surface area contributed by atoms with E-state index in [0.717, 1.165) is 60.6 Å². The van der Waals surface area contributed by atoms with Crippen molar-refractivity contribution >= 4 is 11.8 Å². The van der Waals surface area contributed by atoms with Crippen LogP contribution in [0.2, 0.25) is 0 Å². The lowest BCUT2D eigenvalue weighted by Gasteiger charge is -2.42. The molecule has 0 radical (unpaired) electrons. The Labute approximate surface area is 259 Å². The van der Waals surface area contributed by atoms with Crippen molar-refractivity contribution < 1.29 is 27.5 Å². The number of carbonyl (C=O) groups excluding carboxylic acids is 2. The van der Waals surface area contributed by atoms with Crippen molar-refractivity contribution in [3.8, 4) is 28.3 Å². The fourth-order valence-corrected chi connectivity index (χ4v) is 6.06. The molecule has 10 heteroatoms. The number of aromatic nitrogens is 1. The summed E-state index contributed by atoms with van der Waals surface area (Å²) in [6.07, 6.45) is -3.19. The van der Waals surface area contributed by atoms with Crippen LogP contribution in [0, 0.1) is 0 Å². The van der Waals surface area contributed by atoms with Crippen molar-refractivity contribution in [1.82, 2.24) is 19.7 Å². The molecule has 0 unspecified atom stereocenters. The zero-order valence-electron chi connectivity index (χ0n) is 24.6. The number of benzene rings is 3. The molecule has 0 spiro atoms. The van der Waals surface area contributed by atoms with Crippen LogP contribution in [-0.2, 0) is 0 Å². The highest BCUT2D eigenvalue weighted by Crippen LogP contribution is 2.27. The van der Waals surface area contributed by atoms with E-state index in [1.54, 1.807) is 4.90 Å². The van der Waals surface area contributed by atoms with Crippen molar-refractivity contribution in [2.45, 2.75) is 25.2 Å². The number of amides is 2. The first-order valence-electron chi connectivity index (χ1n) is 15.0. The predicted octanol–water partition coefficient (Wildman–Crippen LogP) is 6.38. The third-order valence-corrected chi connectivity index (χ3v) is 8.42. The summed E-state index contributed by atoms with van der Waals surface area (Å²) >= 11 is 0. The number of nitrogens with zero attached hydrogens (tertiary/aromatic N) is 4. The Morgan fingerprint density at radius 1 is 0.644 bits per heavy atom. The fourth-order valence-electron chi connectivity index (χ4n) is 6.06. The molecule has 4 aromatic rings. The minimum Gasteiger partial charge on any atom is -0.406 e. The Morgan fingerprint density at radius 2 is 1.13 bits per heavy atom. The molecule has 7 nitrogen and oxygen atoms in total. The molecule has 2 saturated heterocycles. The summed E-state index contributed by atoms with van der Waals surface area (Å²) in [5.74, 6) is -0.574. The van der Waals surface area contributed by atoms with E-state index in [4.69, 9.17) is 4.98 Å². The van der Waals surface area contributed by atoms with E-state index in [1.165, 1.54) is 12.1 Å². The summed E-state index contributed by atoms with van der Waals surface area (Å²) in [7, 11) is 0. The summed E-state index contributed by atoms with van der Waals surface area (Å²) in [6, 6.07) is 28.8. The maximum Gasteiger partial charge on any atom is 0.573 e. The number of alkyl halides is 3. The molecule has 45 heavy (non-hydrogen) atoms. The van der Waals surface area contributed by atoms with Crippen molar-refractivity contribution in [1.29, 1.82) is 0 Å². The van der Waals surface area contributed by atoms with Crippen LogP contribution in [-0.4, -0.2) is 83.2 Å². The van der Waals surface area contributed by atoms with Crippen LogP contribution in [0.1, 0.15) is 33.6 Å². The number of ether oxygens (including phenoxy) is 1. The second-order valence-corrected chi connectivity index (χ2v) is 11.3. The van der Waals surface area contributed by atoms with Crippen LogP contribution < -0.4 is 4.74 Å². The molecule has 6 rings (SSSR count). The van der Waals surface area contributed by atoms with Crippen molar-refractivity contribution in [2.75, 3.05) is 39.3 Å². The number of piperazine rings is 1. The molecule has 2 aliphatic heterocycles. The number of carbonyl (C=O) groups is 2. The minimum absolute atomic E-state index is 0.0153. The number of hydrogen-bond acceptors (Lipinski definition) is 5. The number of hydrogen-bond donors (Lipinski definition) is 0. The number of halogens is 3. The van der Waals surface area contributed by atoms with Gasteiger partial charge in [0.05, 0.1) is 11.4 Å². The van der Waals surface area contributed by atoms with Gasteiger partial charge in [0.1, 0.15) is 5.75 Å². The normalized spacial score (nSPS) is 16.4. The quantitative estimate of drug-likeness (QED) is 0.252. The van der Waals surface area contributed by atoms with Crippen LogP contribution >= 0.6 is 0 Å². The van der Waals surface area contributed by atoms with Gasteiger partial charge in [0.15, 0.2) is 0 Å². The largest absolute Gasteiger partial charge is 0.573 e. The van der Waals surface area contributed by atoms with Crippen molar-refractivity contribution in [2.24, 2.45) is 0 Å². The Balaban J connectivity index is 1.06. The molecular formula is C35H33F3N4O3. The Bertz CT molecular complexity index is 1560. The molecule has 3 heterocycles. The molecule has 0 aliphatic carbocycles. The number of pyridine rings is 1. The van der Waals surface area contributed by atoms with Crippen LogP contribution in [0.3, 0.4) is 0 Å². The highest BCUT2D eigenvalue weighted by Gasteiger charge is 2.32. The van der Waals surface area contributed by atoms with Gasteiger partial charge in [0.25, 0.3) is 11.8 Å². The van der Waals surface area contributed by atoms with E-state index in [0.29, 0.717) is 43.3 Å². The van der Waals surface area contributed by atoms with Gasteiger partial charge in [-0.05, 0) is 49.2 Å². The predicted molar refractivity (Wildman–Crippen MR) is 165 cm³/mol. The second kappa shape index (κ2) is 13.1.